The highest BCUT2D eigenvalue weighted by atomic mass is 35.5. The Kier molecular flexibility index (Phi) is 6.13. The largest absolute Gasteiger partial charge is 0.496 e. The van der Waals surface area contributed by atoms with Crippen LogP contribution in [0.2, 0.25) is 5.02 Å². The standard InChI is InChI=1S/C18H17ClF2N2O5S/c1-27-15-4-5-16(18-12(15)6-11(9-28-18)22-17(24)8-20)29(25,26)23-10-2-3-14(21)13(19)7-10/h2-5,7,11,23H,6,8-9H2,1H3,(H,22,24)/t11-/m1/s1. The second kappa shape index (κ2) is 8.42. The summed E-state index contributed by atoms with van der Waals surface area (Å²) < 4.78 is 64.7. The van der Waals surface area contributed by atoms with Gasteiger partial charge in [-0.3, -0.25) is 9.52 Å². The smallest absolute Gasteiger partial charge is 0.265 e. The van der Waals surface area contributed by atoms with Gasteiger partial charge in [-0.2, -0.15) is 0 Å². The third-order valence-corrected chi connectivity index (χ3v) is 5.92. The second-order valence-electron chi connectivity index (χ2n) is 6.22. The molecule has 2 N–H and O–H groups in total. The summed E-state index contributed by atoms with van der Waals surface area (Å²) in [4.78, 5) is 11.1. The lowest BCUT2D eigenvalue weighted by molar-refractivity contribution is -0.122. The molecule has 0 aliphatic carbocycles. The lowest BCUT2D eigenvalue weighted by atomic mass is 10.0. The molecule has 0 spiro atoms. The number of ether oxygens (including phenoxy) is 2. The van der Waals surface area contributed by atoms with Crippen LogP contribution in [0, 0.1) is 5.82 Å². The molecule has 1 atom stereocenters. The van der Waals surface area contributed by atoms with E-state index in [-0.39, 0.29) is 34.4 Å². The summed E-state index contributed by atoms with van der Waals surface area (Å²) in [5.41, 5.74) is 0.493. The fourth-order valence-electron chi connectivity index (χ4n) is 2.96. The number of nitrogens with one attached hydrogen (secondary N) is 2. The maximum atomic E-state index is 13.3. The first-order valence-electron chi connectivity index (χ1n) is 8.41. The molecule has 156 valence electrons. The Morgan fingerprint density at radius 1 is 1.34 bits per heavy atom. The van der Waals surface area contributed by atoms with Crippen molar-refractivity contribution in [1.82, 2.24) is 5.32 Å². The van der Waals surface area contributed by atoms with E-state index in [1.54, 1.807) is 0 Å². The van der Waals surface area contributed by atoms with Crippen molar-refractivity contribution in [2.24, 2.45) is 0 Å². The number of anilines is 1. The fraction of sp³-hybridized carbons (Fsp3) is 0.278. The summed E-state index contributed by atoms with van der Waals surface area (Å²) in [7, 11) is -2.70. The highest BCUT2D eigenvalue weighted by Gasteiger charge is 2.31. The molecule has 1 amide bonds. The Bertz CT molecular complexity index is 1050. The van der Waals surface area contributed by atoms with E-state index in [0.717, 1.165) is 12.1 Å². The van der Waals surface area contributed by atoms with E-state index in [0.29, 0.717) is 11.3 Å². The quantitative estimate of drug-likeness (QED) is 0.711. The summed E-state index contributed by atoms with van der Waals surface area (Å²) in [6.45, 7) is -1.21. The molecule has 0 saturated carbocycles. The van der Waals surface area contributed by atoms with Crippen LogP contribution in [0.4, 0.5) is 14.5 Å². The molecule has 3 rings (SSSR count). The first kappa shape index (κ1) is 21.1. The first-order valence-corrected chi connectivity index (χ1v) is 10.3. The number of hydrogen-bond donors (Lipinski definition) is 2. The molecule has 0 radical (unpaired) electrons. The molecule has 1 aliphatic rings. The van der Waals surface area contributed by atoms with Crippen LogP contribution in [0.5, 0.6) is 11.5 Å². The van der Waals surface area contributed by atoms with Crippen molar-refractivity contribution in [2.75, 3.05) is 25.1 Å². The van der Waals surface area contributed by atoms with E-state index in [4.69, 9.17) is 21.1 Å². The number of rotatable bonds is 6. The number of carbonyl (C=O) groups excluding carboxylic acids is 1. The Morgan fingerprint density at radius 3 is 2.76 bits per heavy atom. The molecule has 1 aliphatic heterocycles. The van der Waals surface area contributed by atoms with Crippen LogP contribution in [-0.2, 0) is 21.2 Å². The van der Waals surface area contributed by atoms with Crippen LogP contribution in [0.3, 0.4) is 0 Å². The summed E-state index contributed by atoms with van der Waals surface area (Å²) >= 11 is 5.70. The predicted octanol–water partition coefficient (Wildman–Crippen LogP) is 2.68. The maximum Gasteiger partial charge on any atom is 0.265 e. The van der Waals surface area contributed by atoms with Crippen molar-refractivity contribution in [3.05, 3.63) is 46.7 Å². The van der Waals surface area contributed by atoms with Gasteiger partial charge >= 0.3 is 0 Å². The van der Waals surface area contributed by atoms with E-state index in [9.17, 15) is 22.0 Å². The molecule has 0 aromatic heterocycles. The number of sulfonamides is 1. The summed E-state index contributed by atoms with van der Waals surface area (Å²) in [6.07, 6.45) is 0.190. The Balaban J connectivity index is 1.95. The van der Waals surface area contributed by atoms with Crippen LogP contribution in [0.15, 0.2) is 35.2 Å². The van der Waals surface area contributed by atoms with Gasteiger partial charge in [0.2, 0.25) is 0 Å². The second-order valence-corrected chi connectivity index (χ2v) is 8.28. The molecular weight excluding hydrogens is 430 g/mol. The molecule has 0 bridgehead atoms. The van der Waals surface area contributed by atoms with Crippen LogP contribution in [0.1, 0.15) is 5.56 Å². The van der Waals surface area contributed by atoms with Crippen molar-refractivity contribution < 1.29 is 31.5 Å². The van der Waals surface area contributed by atoms with Gasteiger partial charge in [0, 0.05) is 12.0 Å². The van der Waals surface area contributed by atoms with Gasteiger partial charge in [-0.05, 0) is 30.3 Å². The zero-order valence-electron chi connectivity index (χ0n) is 15.2. The number of alkyl halides is 1. The molecule has 2 aromatic carbocycles. The van der Waals surface area contributed by atoms with Crippen LogP contribution >= 0.6 is 11.6 Å². The van der Waals surface area contributed by atoms with Crippen molar-refractivity contribution in [3.63, 3.8) is 0 Å². The minimum absolute atomic E-state index is 0.0448. The molecule has 0 saturated heterocycles. The van der Waals surface area contributed by atoms with E-state index in [1.807, 2.05) is 0 Å². The zero-order valence-corrected chi connectivity index (χ0v) is 16.7. The average Bonchev–Trinajstić information content (AvgIpc) is 2.69. The lowest BCUT2D eigenvalue weighted by Gasteiger charge is -2.28. The third-order valence-electron chi connectivity index (χ3n) is 4.23. The van der Waals surface area contributed by atoms with Gasteiger partial charge in [0.25, 0.3) is 15.9 Å². The Hall–Kier alpha value is -2.59. The van der Waals surface area contributed by atoms with E-state index < -0.39 is 34.5 Å². The number of benzene rings is 2. The van der Waals surface area contributed by atoms with Crippen LogP contribution < -0.4 is 19.5 Å². The first-order chi connectivity index (χ1) is 13.7. The van der Waals surface area contributed by atoms with Gasteiger partial charge in [0.05, 0.1) is 23.9 Å². The van der Waals surface area contributed by atoms with Gasteiger partial charge in [-0.25, -0.2) is 17.2 Å². The fourth-order valence-corrected chi connectivity index (χ4v) is 4.36. The molecule has 29 heavy (non-hydrogen) atoms. The molecule has 1 heterocycles. The molecule has 7 nitrogen and oxygen atoms in total. The van der Waals surface area contributed by atoms with Crippen molar-refractivity contribution in [3.8, 4) is 11.5 Å². The van der Waals surface area contributed by atoms with Crippen molar-refractivity contribution in [2.45, 2.75) is 17.4 Å². The summed E-state index contributed by atoms with van der Waals surface area (Å²) in [5, 5.41) is 2.23. The minimum Gasteiger partial charge on any atom is -0.496 e. The predicted molar refractivity (Wildman–Crippen MR) is 102 cm³/mol. The lowest BCUT2D eigenvalue weighted by Crippen LogP contribution is -2.43. The van der Waals surface area contributed by atoms with Crippen molar-refractivity contribution in [1.29, 1.82) is 0 Å². The Morgan fingerprint density at radius 2 is 2.10 bits per heavy atom. The third kappa shape index (κ3) is 4.54. The van der Waals surface area contributed by atoms with Gasteiger partial charge in [0.15, 0.2) is 6.67 Å². The topological polar surface area (TPSA) is 93.7 Å². The Labute approximate surface area is 171 Å². The average molecular weight is 447 g/mol. The van der Waals surface area contributed by atoms with Crippen LogP contribution in [0.25, 0.3) is 0 Å². The SMILES string of the molecule is COc1ccc(S(=O)(=O)Nc2ccc(F)c(Cl)c2)c2c1C[C@@H](NC(=O)CF)CO2. The zero-order chi connectivity index (χ0) is 21.2. The van der Waals surface area contributed by atoms with Gasteiger partial charge in [-0.1, -0.05) is 11.6 Å². The van der Waals surface area contributed by atoms with Crippen molar-refractivity contribution >= 4 is 33.2 Å². The normalized spacial score (nSPS) is 15.8. The molecular formula is C18H17ClF2N2O5S. The number of methoxy groups -OCH3 is 1. The van der Waals surface area contributed by atoms with E-state index >= 15 is 0 Å². The summed E-state index contributed by atoms with van der Waals surface area (Å²) in [6, 6.07) is 5.64. The molecule has 2 aromatic rings. The number of halogens is 3. The monoisotopic (exact) mass is 446 g/mol. The van der Waals surface area contributed by atoms with Gasteiger partial charge in [0.1, 0.15) is 28.8 Å². The number of carbonyl (C=O) groups is 1. The van der Waals surface area contributed by atoms with Gasteiger partial charge in [-0.15, -0.1) is 0 Å². The molecule has 11 heteroatoms. The highest BCUT2D eigenvalue weighted by molar-refractivity contribution is 7.92. The molecule has 0 fully saturated rings. The number of amides is 1. The summed E-state index contributed by atoms with van der Waals surface area (Å²) in [5.74, 6) is -1.04. The minimum atomic E-state index is -4.11. The number of fused-ring (bicyclic) bond motifs is 1. The van der Waals surface area contributed by atoms with Crippen LogP contribution in [-0.4, -0.2) is 40.8 Å². The highest BCUT2D eigenvalue weighted by Crippen LogP contribution is 2.39. The van der Waals surface area contributed by atoms with Gasteiger partial charge < -0.3 is 14.8 Å². The van der Waals surface area contributed by atoms with E-state index in [2.05, 4.69) is 10.0 Å². The maximum absolute atomic E-state index is 13.3. The number of hydrogen-bond acceptors (Lipinski definition) is 5. The molecule has 0 unspecified atom stereocenters. The van der Waals surface area contributed by atoms with E-state index in [1.165, 1.54) is 25.3 Å².